The molecule has 21 heavy (non-hydrogen) atoms. The molecule has 0 fully saturated rings. The number of anilines is 1. The summed E-state index contributed by atoms with van der Waals surface area (Å²) >= 11 is 12.0. The van der Waals surface area contributed by atoms with Crippen molar-refractivity contribution in [2.45, 2.75) is 0 Å². The minimum absolute atomic E-state index is 0.198. The second kappa shape index (κ2) is 7.11. The van der Waals surface area contributed by atoms with Gasteiger partial charge in [0.05, 0.1) is 0 Å². The molecule has 2 rings (SSSR count). The molecule has 0 aliphatic rings. The summed E-state index contributed by atoms with van der Waals surface area (Å²) in [4.78, 5) is 11.2. The molecule has 0 atom stereocenters. The minimum atomic E-state index is -0.253. The highest BCUT2D eigenvalue weighted by Crippen LogP contribution is 2.31. The summed E-state index contributed by atoms with van der Waals surface area (Å²) in [6.07, 6.45) is 1.22. The summed E-state index contributed by atoms with van der Waals surface area (Å²) in [6, 6.07) is 16.9. The van der Waals surface area contributed by atoms with Crippen molar-refractivity contribution in [3.8, 4) is 0 Å². The van der Waals surface area contributed by atoms with Crippen molar-refractivity contribution in [1.82, 2.24) is 0 Å². The van der Waals surface area contributed by atoms with Gasteiger partial charge in [-0.1, -0.05) is 72.2 Å². The van der Waals surface area contributed by atoms with Crippen LogP contribution in [-0.4, -0.2) is 5.91 Å². The first-order valence-corrected chi connectivity index (χ1v) is 7.02. The topological polar surface area (TPSA) is 29.1 Å². The van der Waals surface area contributed by atoms with Crippen LogP contribution in [0.15, 0.2) is 71.7 Å². The van der Waals surface area contributed by atoms with Gasteiger partial charge in [0.1, 0.15) is 4.49 Å². The van der Waals surface area contributed by atoms with Crippen LogP contribution < -0.4 is 5.32 Å². The van der Waals surface area contributed by atoms with E-state index in [-0.39, 0.29) is 10.4 Å². The van der Waals surface area contributed by atoms with Gasteiger partial charge in [-0.25, -0.2) is 0 Å². The largest absolute Gasteiger partial charge is 0.323 e. The molecule has 0 saturated carbocycles. The van der Waals surface area contributed by atoms with Crippen LogP contribution in [0.25, 0.3) is 5.57 Å². The van der Waals surface area contributed by atoms with E-state index < -0.39 is 0 Å². The monoisotopic (exact) mass is 317 g/mol. The van der Waals surface area contributed by atoms with Crippen molar-refractivity contribution < 1.29 is 4.79 Å². The Morgan fingerprint density at radius 1 is 0.952 bits per heavy atom. The number of hydrogen-bond donors (Lipinski definition) is 1. The Morgan fingerprint density at radius 3 is 2.05 bits per heavy atom. The SMILES string of the molecule is C=CC(=O)Nc1ccc(C(=C(Cl)Cl)c2ccccc2)cc1. The van der Waals surface area contributed by atoms with E-state index in [0.29, 0.717) is 5.69 Å². The number of carbonyl (C=O) groups is 1. The molecule has 0 unspecified atom stereocenters. The molecule has 0 bridgehead atoms. The zero-order chi connectivity index (χ0) is 15.2. The van der Waals surface area contributed by atoms with E-state index in [1.165, 1.54) is 6.08 Å². The molecule has 1 amide bonds. The first-order valence-electron chi connectivity index (χ1n) is 6.26. The molecular weight excluding hydrogens is 305 g/mol. The van der Waals surface area contributed by atoms with Crippen LogP contribution >= 0.6 is 23.2 Å². The number of carbonyl (C=O) groups excluding carboxylic acids is 1. The van der Waals surface area contributed by atoms with Gasteiger partial charge in [0.15, 0.2) is 0 Å². The standard InChI is InChI=1S/C17H13Cl2NO/c1-2-15(21)20-14-10-8-13(9-11-14)16(17(18)19)12-6-4-3-5-7-12/h2-11H,1H2,(H,20,21). The average Bonchev–Trinajstić information content (AvgIpc) is 2.50. The van der Waals surface area contributed by atoms with Crippen LogP contribution in [0.4, 0.5) is 5.69 Å². The predicted molar refractivity (Wildman–Crippen MR) is 89.4 cm³/mol. The third-order valence-electron chi connectivity index (χ3n) is 2.88. The number of hydrogen-bond acceptors (Lipinski definition) is 1. The Hall–Kier alpha value is -2.03. The lowest BCUT2D eigenvalue weighted by molar-refractivity contribution is -0.111. The van der Waals surface area contributed by atoms with E-state index >= 15 is 0 Å². The van der Waals surface area contributed by atoms with Gasteiger partial charge in [-0.2, -0.15) is 0 Å². The Kier molecular flexibility index (Phi) is 5.20. The Labute approximate surface area is 133 Å². The number of rotatable bonds is 4. The summed E-state index contributed by atoms with van der Waals surface area (Å²) < 4.78 is 0.198. The molecule has 0 aliphatic heterocycles. The molecule has 0 radical (unpaired) electrons. The zero-order valence-corrected chi connectivity index (χ0v) is 12.7. The van der Waals surface area contributed by atoms with E-state index in [9.17, 15) is 4.79 Å². The Morgan fingerprint density at radius 2 is 1.52 bits per heavy atom. The van der Waals surface area contributed by atoms with Gasteiger partial charge in [-0.15, -0.1) is 0 Å². The lowest BCUT2D eigenvalue weighted by Gasteiger charge is -2.10. The van der Waals surface area contributed by atoms with Gasteiger partial charge >= 0.3 is 0 Å². The summed E-state index contributed by atoms with van der Waals surface area (Å²) in [5.41, 5.74) is 3.24. The number of nitrogens with one attached hydrogen (secondary N) is 1. The molecular formula is C17H13Cl2NO. The molecule has 2 aromatic rings. The van der Waals surface area contributed by atoms with Crippen LogP contribution in [0.3, 0.4) is 0 Å². The van der Waals surface area contributed by atoms with Crippen LogP contribution in [0.5, 0.6) is 0 Å². The lowest BCUT2D eigenvalue weighted by Crippen LogP contribution is -2.06. The molecule has 0 saturated heterocycles. The summed E-state index contributed by atoms with van der Waals surface area (Å²) in [5.74, 6) is -0.253. The third-order valence-corrected chi connectivity index (χ3v) is 3.26. The van der Waals surface area contributed by atoms with E-state index in [1.54, 1.807) is 12.1 Å². The summed E-state index contributed by atoms with van der Waals surface area (Å²) in [7, 11) is 0. The van der Waals surface area contributed by atoms with Gasteiger partial charge < -0.3 is 5.32 Å². The second-order valence-corrected chi connectivity index (χ2v) is 5.22. The van der Waals surface area contributed by atoms with Crippen LogP contribution in [0, 0.1) is 0 Å². The molecule has 0 spiro atoms. The van der Waals surface area contributed by atoms with Crippen molar-refractivity contribution in [1.29, 1.82) is 0 Å². The molecule has 0 aliphatic carbocycles. The normalized spacial score (nSPS) is 9.81. The molecule has 4 heteroatoms. The van der Waals surface area contributed by atoms with Crippen molar-refractivity contribution in [2.75, 3.05) is 5.32 Å². The second-order valence-electron chi connectivity index (χ2n) is 4.27. The predicted octanol–water partition coefficient (Wildman–Crippen LogP) is 5.01. The van der Waals surface area contributed by atoms with Gasteiger partial charge in [0, 0.05) is 11.3 Å². The molecule has 2 aromatic carbocycles. The Bertz CT molecular complexity index is 672. The molecule has 106 valence electrons. The molecule has 2 nitrogen and oxygen atoms in total. The van der Waals surface area contributed by atoms with Crippen LogP contribution in [0.2, 0.25) is 0 Å². The lowest BCUT2D eigenvalue weighted by atomic mass is 9.99. The minimum Gasteiger partial charge on any atom is -0.323 e. The van der Waals surface area contributed by atoms with Gasteiger partial charge in [-0.3, -0.25) is 4.79 Å². The smallest absolute Gasteiger partial charge is 0.247 e. The van der Waals surface area contributed by atoms with E-state index in [4.69, 9.17) is 23.2 Å². The zero-order valence-electron chi connectivity index (χ0n) is 11.1. The van der Waals surface area contributed by atoms with Crippen molar-refractivity contribution in [2.24, 2.45) is 0 Å². The van der Waals surface area contributed by atoms with Gasteiger partial charge in [0.25, 0.3) is 0 Å². The highest BCUT2D eigenvalue weighted by Gasteiger charge is 2.09. The number of halogens is 2. The van der Waals surface area contributed by atoms with Crippen LogP contribution in [0.1, 0.15) is 11.1 Å². The first-order chi connectivity index (χ1) is 10.1. The number of benzene rings is 2. The van der Waals surface area contributed by atoms with Crippen molar-refractivity contribution in [3.63, 3.8) is 0 Å². The fraction of sp³-hybridized carbons (Fsp3) is 0. The van der Waals surface area contributed by atoms with Crippen molar-refractivity contribution >= 4 is 40.4 Å². The quantitative estimate of drug-likeness (QED) is 0.789. The highest BCUT2D eigenvalue weighted by molar-refractivity contribution is 6.59. The fourth-order valence-corrected chi connectivity index (χ4v) is 2.34. The van der Waals surface area contributed by atoms with Crippen LogP contribution in [-0.2, 0) is 4.79 Å². The van der Waals surface area contributed by atoms with E-state index in [0.717, 1.165) is 16.7 Å². The van der Waals surface area contributed by atoms with E-state index in [1.807, 2.05) is 42.5 Å². The van der Waals surface area contributed by atoms with Gasteiger partial charge in [-0.05, 0) is 29.3 Å². The molecule has 0 aromatic heterocycles. The molecule has 0 heterocycles. The summed E-state index contributed by atoms with van der Waals surface area (Å²) in [5, 5.41) is 2.69. The first kappa shape index (κ1) is 15.4. The Balaban J connectivity index is 2.34. The average molecular weight is 318 g/mol. The fourth-order valence-electron chi connectivity index (χ4n) is 1.90. The number of amides is 1. The third kappa shape index (κ3) is 3.97. The van der Waals surface area contributed by atoms with Gasteiger partial charge in [0.2, 0.25) is 5.91 Å². The maximum absolute atomic E-state index is 11.2. The maximum Gasteiger partial charge on any atom is 0.247 e. The van der Waals surface area contributed by atoms with E-state index in [2.05, 4.69) is 11.9 Å². The maximum atomic E-state index is 11.2. The summed E-state index contributed by atoms with van der Waals surface area (Å²) in [6.45, 7) is 3.41. The highest BCUT2D eigenvalue weighted by atomic mass is 35.5. The van der Waals surface area contributed by atoms with Crippen molar-refractivity contribution in [3.05, 3.63) is 82.9 Å². The molecule has 1 N–H and O–H groups in total.